The molecule has 2 aliphatic heterocycles. The van der Waals surface area contributed by atoms with Gasteiger partial charge in [-0.15, -0.1) is 0 Å². The molecule has 0 aromatic carbocycles. The summed E-state index contributed by atoms with van der Waals surface area (Å²) < 4.78 is 0. The van der Waals surface area contributed by atoms with E-state index in [0.29, 0.717) is 11.2 Å². The van der Waals surface area contributed by atoms with Crippen molar-refractivity contribution in [2.24, 2.45) is 0 Å². The number of carbonyl (C=O) groups is 1. The first-order valence-corrected chi connectivity index (χ1v) is 8.36. The molecule has 0 aromatic rings. The van der Waals surface area contributed by atoms with Crippen LogP contribution in [0.1, 0.15) is 52.9 Å². The summed E-state index contributed by atoms with van der Waals surface area (Å²) in [5, 5.41) is 4.22. The van der Waals surface area contributed by atoms with Crippen LogP contribution in [0.5, 0.6) is 0 Å². The van der Waals surface area contributed by atoms with Gasteiger partial charge < -0.3 is 4.90 Å². The summed E-state index contributed by atoms with van der Waals surface area (Å²) in [6.45, 7) is 7.29. The molecule has 2 heterocycles. The molecule has 2 rings (SSSR count). The molecule has 2 saturated heterocycles. The van der Waals surface area contributed by atoms with E-state index in [2.05, 4.69) is 31.0 Å². The van der Waals surface area contributed by atoms with E-state index in [-0.39, 0.29) is 11.7 Å². The molecule has 0 radical (unpaired) electrons. The molecule has 1 amide bonds. The SMILES string of the molecule is CCCC1NC(C)(CC)C(=O)N1CC1CCCS1. The summed E-state index contributed by atoms with van der Waals surface area (Å²) in [6, 6.07) is 0. The Morgan fingerprint density at radius 2 is 2.28 bits per heavy atom. The first-order valence-electron chi connectivity index (χ1n) is 7.31. The van der Waals surface area contributed by atoms with Crippen molar-refractivity contribution in [1.82, 2.24) is 10.2 Å². The zero-order valence-corrected chi connectivity index (χ0v) is 12.7. The molecule has 1 N–H and O–H groups in total. The van der Waals surface area contributed by atoms with Crippen molar-refractivity contribution in [3.63, 3.8) is 0 Å². The summed E-state index contributed by atoms with van der Waals surface area (Å²) >= 11 is 2.04. The van der Waals surface area contributed by atoms with Gasteiger partial charge in [0.15, 0.2) is 0 Å². The Kier molecular flexibility index (Phi) is 4.59. The molecule has 0 spiro atoms. The summed E-state index contributed by atoms with van der Waals surface area (Å²) in [4.78, 5) is 14.7. The second-order valence-electron chi connectivity index (χ2n) is 5.73. The largest absolute Gasteiger partial charge is 0.324 e. The lowest BCUT2D eigenvalue weighted by atomic mass is 9.99. The first kappa shape index (κ1) is 14.2. The summed E-state index contributed by atoms with van der Waals surface area (Å²) in [5.74, 6) is 1.58. The van der Waals surface area contributed by atoms with Gasteiger partial charge in [-0.1, -0.05) is 20.3 Å². The lowest BCUT2D eigenvalue weighted by molar-refractivity contribution is -0.133. The third-order valence-electron chi connectivity index (χ3n) is 4.29. The Labute approximate surface area is 115 Å². The molecule has 3 atom stereocenters. The molecule has 2 fully saturated rings. The Bertz CT molecular complexity index is 304. The van der Waals surface area contributed by atoms with Crippen LogP contribution in [0.4, 0.5) is 0 Å². The highest BCUT2D eigenvalue weighted by atomic mass is 32.2. The number of hydrogen-bond acceptors (Lipinski definition) is 3. The van der Waals surface area contributed by atoms with E-state index < -0.39 is 0 Å². The molecule has 3 nitrogen and oxygen atoms in total. The van der Waals surface area contributed by atoms with Gasteiger partial charge in [-0.25, -0.2) is 0 Å². The van der Waals surface area contributed by atoms with Gasteiger partial charge in [-0.3, -0.25) is 10.1 Å². The van der Waals surface area contributed by atoms with Gasteiger partial charge in [0.1, 0.15) is 0 Å². The third kappa shape index (κ3) is 2.69. The van der Waals surface area contributed by atoms with Gasteiger partial charge in [0.2, 0.25) is 5.91 Å². The maximum Gasteiger partial charge on any atom is 0.243 e. The predicted molar refractivity (Wildman–Crippen MR) is 77.7 cm³/mol. The lowest BCUT2D eigenvalue weighted by Gasteiger charge is -2.26. The van der Waals surface area contributed by atoms with Crippen molar-refractivity contribution in [2.45, 2.75) is 69.8 Å². The van der Waals surface area contributed by atoms with Gasteiger partial charge in [-0.05, 0) is 38.4 Å². The van der Waals surface area contributed by atoms with Crippen LogP contribution in [0, 0.1) is 0 Å². The molecular formula is C14H26N2OS. The zero-order chi connectivity index (χ0) is 13.2. The predicted octanol–water partition coefficient (Wildman–Crippen LogP) is 2.61. The summed E-state index contributed by atoms with van der Waals surface area (Å²) in [5.41, 5.74) is -0.330. The number of thioether (sulfide) groups is 1. The van der Waals surface area contributed by atoms with E-state index in [1.807, 2.05) is 11.8 Å². The molecule has 0 aliphatic carbocycles. The molecule has 0 bridgehead atoms. The minimum absolute atomic E-state index is 0.258. The monoisotopic (exact) mass is 270 g/mol. The Hall–Kier alpha value is -0.220. The average Bonchev–Trinajstić information content (AvgIpc) is 2.94. The highest BCUT2D eigenvalue weighted by Gasteiger charge is 2.46. The normalized spacial score (nSPS) is 36.6. The van der Waals surface area contributed by atoms with Crippen LogP contribution in [0.15, 0.2) is 0 Å². The van der Waals surface area contributed by atoms with Gasteiger partial charge in [0, 0.05) is 11.8 Å². The Balaban J connectivity index is 2.06. The molecule has 104 valence electrons. The lowest BCUT2D eigenvalue weighted by Crippen LogP contribution is -2.43. The van der Waals surface area contributed by atoms with E-state index in [1.54, 1.807) is 0 Å². The fourth-order valence-electron chi connectivity index (χ4n) is 2.94. The van der Waals surface area contributed by atoms with Gasteiger partial charge in [-0.2, -0.15) is 11.8 Å². The van der Waals surface area contributed by atoms with Gasteiger partial charge in [0.25, 0.3) is 0 Å². The van der Waals surface area contributed by atoms with E-state index in [0.717, 1.165) is 25.8 Å². The van der Waals surface area contributed by atoms with Crippen LogP contribution in [0.3, 0.4) is 0 Å². The highest BCUT2D eigenvalue weighted by Crippen LogP contribution is 2.31. The molecule has 2 aliphatic rings. The fraction of sp³-hybridized carbons (Fsp3) is 0.929. The number of hydrogen-bond donors (Lipinski definition) is 1. The molecule has 3 unspecified atom stereocenters. The molecular weight excluding hydrogens is 244 g/mol. The van der Waals surface area contributed by atoms with E-state index in [1.165, 1.54) is 18.6 Å². The number of carbonyl (C=O) groups excluding carboxylic acids is 1. The summed E-state index contributed by atoms with van der Waals surface area (Å²) in [6.07, 6.45) is 5.91. The highest BCUT2D eigenvalue weighted by molar-refractivity contribution is 8.00. The fourth-order valence-corrected chi connectivity index (χ4v) is 4.20. The molecule has 4 heteroatoms. The minimum atomic E-state index is -0.330. The van der Waals surface area contributed by atoms with Crippen molar-refractivity contribution in [3.05, 3.63) is 0 Å². The van der Waals surface area contributed by atoms with E-state index in [4.69, 9.17) is 0 Å². The zero-order valence-electron chi connectivity index (χ0n) is 11.9. The van der Waals surface area contributed by atoms with Crippen molar-refractivity contribution in [3.8, 4) is 0 Å². The van der Waals surface area contributed by atoms with Crippen LogP contribution in [-0.2, 0) is 4.79 Å². The first-order chi connectivity index (χ1) is 8.60. The standard InChI is InChI=1S/C14H26N2OS/c1-4-7-12-15-14(3,5-2)13(17)16(12)10-11-8-6-9-18-11/h11-12,15H,4-10H2,1-3H3. The van der Waals surface area contributed by atoms with E-state index >= 15 is 0 Å². The Morgan fingerprint density at radius 1 is 1.50 bits per heavy atom. The molecule has 18 heavy (non-hydrogen) atoms. The average molecular weight is 270 g/mol. The second-order valence-corrected chi connectivity index (χ2v) is 7.14. The topological polar surface area (TPSA) is 32.3 Å². The maximum absolute atomic E-state index is 12.6. The van der Waals surface area contributed by atoms with Crippen molar-refractivity contribution in [2.75, 3.05) is 12.3 Å². The smallest absolute Gasteiger partial charge is 0.243 e. The van der Waals surface area contributed by atoms with Crippen LogP contribution in [0.25, 0.3) is 0 Å². The third-order valence-corrected chi connectivity index (χ3v) is 5.67. The number of nitrogens with one attached hydrogen (secondary N) is 1. The van der Waals surface area contributed by atoms with E-state index in [9.17, 15) is 4.79 Å². The maximum atomic E-state index is 12.6. The minimum Gasteiger partial charge on any atom is -0.324 e. The van der Waals surface area contributed by atoms with Crippen LogP contribution < -0.4 is 5.32 Å². The molecule has 0 aromatic heterocycles. The number of amides is 1. The second kappa shape index (κ2) is 5.83. The van der Waals surface area contributed by atoms with Crippen LogP contribution in [-0.4, -0.2) is 40.1 Å². The number of nitrogens with zero attached hydrogens (tertiary/aromatic N) is 1. The quantitative estimate of drug-likeness (QED) is 0.833. The molecule has 0 saturated carbocycles. The summed E-state index contributed by atoms with van der Waals surface area (Å²) in [7, 11) is 0. The van der Waals surface area contributed by atoms with Crippen LogP contribution >= 0.6 is 11.8 Å². The van der Waals surface area contributed by atoms with Crippen LogP contribution in [0.2, 0.25) is 0 Å². The van der Waals surface area contributed by atoms with Gasteiger partial charge in [0.05, 0.1) is 11.7 Å². The van der Waals surface area contributed by atoms with Gasteiger partial charge >= 0.3 is 0 Å². The number of rotatable bonds is 5. The van der Waals surface area contributed by atoms with Crippen molar-refractivity contribution >= 4 is 17.7 Å². The van der Waals surface area contributed by atoms with Crippen molar-refractivity contribution in [1.29, 1.82) is 0 Å². The van der Waals surface area contributed by atoms with Crippen molar-refractivity contribution < 1.29 is 4.79 Å². The Morgan fingerprint density at radius 3 is 2.83 bits per heavy atom.